The standard InChI is InChI=1S/C12H17BrN4S/c1-8(2)17-12(15-7-16-17)5-10(14-3)9-4-11(13)18-6-9/h4,6-8,10,14H,5H2,1-3H3. The van der Waals surface area contributed by atoms with Crippen molar-refractivity contribution in [2.24, 2.45) is 0 Å². The monoisotopic (exact) mass is 328 g/mol. The lowest BCUT2D eigenvalue weighted by atomic mass is 10.1. The molecule has 0 aliphatic rings. The summed E-state index contributed by atoms with van der Waals surface area (Å²) in [6.45, 7) is 4.24. The van der Waals surface area contributed by atoms with Crippen LogP contribution in [0, 0.1) is 0 Å². The Bertz CT molecular complexity index is 506. The minimum atomic E-state index is 0.272. The van der Waals surface area contributed by atoms with Crippen LogP contribution in [0.5, 0.6) is 0 Å². The maximum absolute atomic E-state index is 4.36. The zero-order chi connectivity index (χ0) is 13.1. The normalized spacial score (nSPS) is 13.2. The Labute approximate surface area is 120 Å². The predicted octanol–water partition coefficient (Wildman–Crippen LogP) is 3.19. The summed E-state index contributed by atoms with van der Waals surface area (Å²) < 4.78 is 3.13. The smallest absolute Gasteiger partial charge is 0.138 e. The summed E-state index contributed by atoms with van der Waals surface area (Å²) in [5.74, 6) is 1.02. The molecular formula is C12H17BrN4S. The Hall–Kier alpha value is -0.720. The molecule has 1 atom stereocenters. The summed E-state index contributed by atoms with van der Waals surface area (Å²) in [6, 6.07) is 2.77. The van der Waals surface area contributed by atoms with E-state index in [2.05, 4.69) is 56.6 Å². The highest BCUT2D eigenvalue weighted by atomic mass is 79.9. The Morgan fingerprint density at radius 1 is 1.50 bits per heavy atom. The summed E-state index contributed by atoms with van der Waals surface area (Å²) in [5, 5.41) is 9.78. The van der Waals surface area contributed by atoms with Crippen LogP contribution in [-0.4, -0.2) is 21.8 Å². The molecule has 1 N–H and O–H groups in total. The lowest BCUT2D eigenvalue weighted by Crippen LogP contribution is -2.21. The average Bonchev–Trinajstić information content (AvgIpc) is 2.94. The lowest BCUT2D eigenvalue weighted by molar-refractivity contribution is 0.478. The third-order valence-electron chi connectivity index (χ3n) is 2.86. The highest BCUT2D eigenvalue weighted by Gasteiger charge is 2.16. The molecule has 0 aliphatic carbocycles. The molecule has 0 bridgehead atoms. The van der Waals surface area contributed by atoms with Crippen LogP contribution in [0.4, 0.5) is 0 Å². The van der Waals surface area contributed by atoms with Crippen molar-refractivity contribution < 1.29 is 0 Å². The van der Waals surface area contributed by atoms with E-state index in [1.807, 2.05) is 11.7 Å². The highest BCUT2D eigenvalue weighted by molar-refractivity contribution is 9.11. The SMILES string of the molecule is CNC(Cc1ncnn1C(C)C)c1csc(Br)c1. The molecule has 6 heteroatoms. The first-order valence-corrected chi connectivity index (χ1v) is 7.58. The number of nitrogens with one attached hydrogen (secondary N) is 1. The van der Waals surface area contributed by atoms with Crippen LogP contribution in [0.2, 0.25) is 0 Å². The number of aromatic nitrogens is 3. The van der Waals surface area contributed by atoms with Crippen LogP contribution in [-0.2, 0) is 6.42 Å². The van der Waals surface area contributed by atoms with Crippen molar-refractivity contribution in [1.82, 2.24) is 20.1 Å². The van der Waals surface area contributed by atoms with Crippen molar-refractivity contribution >= 4 is 27.3 Å². The van der Waals surface area contributed by atoms with Crippen LogP contribution in [0.25, 0.3) is 0 Å². The van der Waals surface area contributed by atoms with Gasteiger partial charge in [-0.3, -0.25) is 0 Å². The first kappa shape index (κ1) is 13.7. The molecule has 0 saturated heterocycles. The summed E-state index contributed by atoms with van der Waals surface area (Å²) in [7, 11) is 1.98. The molecule has 2 aromatic heterocycles. The molecule has 0 amide bonds. The van der Waals surface area contributed by atoms with Crippen molar-refractivity contribution in [2.45, 2.75) is 32.4 Å². The molecule has 0 fully saturated rings. The van der Waals surface area contributed by atoms with Crippen LogP contribution in [0.3, 0.4) is 0 Å². The minimum Gasteiger partial charge on any atom is -0.313 e. The van der Waals surface area contributed by atoms with Crippen LogP contribution in [0.1, 0.15) is 37.3 Å². The number of hydrogen-bond donors (Lipinski definition) is 1. The van der Waals surface area contributed by atoms with Crippen molar-refractivity contribution in [2.75, 3.05) is 7.05 Å². The van der Waals surface area contributed by atoms with Crippen molar-refractivity contribution in [3.63, 3.8) is 0 Å². The van der Waals surface area contributed by atoms with Crippen molar-refractivity contribution in [3.05, 3.63) is 32.9 Å². The number of thiophene rings is 1. The first-order valence-electron chi connectivity index (χ1n) is 5.91. The maximum Gasteiger partial charge on any atom is 0.138 e. The van der Waals surface area contributed by atoms with Gasteiger partial charge in [0.15, 0.2) is 0 Å². The Kier molecular flexibility index (Phi) is 4.53. The molecule has 0 saturated carbocycles. The van der Waals surface area contributed by atoms with E-state index in [9.17, 15) is 0 Å². The largest absolute Gasteiger partial charge is 0.313 e. The van der Waals surface area contributed by atoms with Gasteiger partial charge in [-0.2, -0.15) is 5.10 Å². The van der Waals surface area contributed by atoms with Gasteiger partial charge < -0.3 is 5.32 Å². The van der Waals surface area contributed by atoms with E-state index < -0.39 is 0 Å². The number of halogens is 1. The summed E-state index contributed by atoms with van der Waals surface area (Å²) in [4.78, 5) is 4.36. The predicted molar refractivity (Wildman–Crippen MR) is 77.9 cm³/mol. The fraction of sp³-hybridized carbons (Fsp3) is 0.500. The van der Waals surface area contributed by atoms with Crippen LogP contribution < -0.4 is 5.32 Å². The number of likely N-dealkylation sites (N-methyl/N-ethyl adjacent to an activating group) is 1. The van der Waals surface area contributed by atoms with Crippen molar-refractivity contribution in [1.29, 1.82) is 0 Å². The van der Waals surface area contributed by atoms with E-state index in [-0.39, 0.29) is 6.04 Å². The Morgan fingerprint density at radius 2 is 2.28 bits per heavy atom. The second-order valence-electron chi connectivity index (χ2n) is 4.44. The summed E-state index contributed by atoms with van der Waals surface area (Å²) in [5.41, 5.74) is 1.28. The lowest BCUT2D eigenvalue weighted by Gasteiger charge is -2.16. The topological polar surface area (TPSA) is 42.7 Å². The first-order chi connectivity index (χ1) is 8.61. The van der Waals surface area contributed by atoms with Crippen molar-refractivity contribution in [3.8, 4) is 0 Å². The van der Waals surface area contributed by atoms with E-state index in [4.69, 9.17) is 0 Å². The average molecular weight is 329 g/mol. The second kappa shape index (κ2) is 5.95. The van der Waals surface area contributed by atoms with Crippen LogP contribution in [0.15, 0.2) is 21.6 Å². The molecule has 1 unspecified atom stereocenters. The molecule has 98 valence electrons. The Morgan fingerprint density at radius 3 is 2.83 bits per heavy atom. The number of rotatable bonds is 5. The third kappa shape index (κ3) is 2.99. The molecular weight excluding hydrogens is 312 g/mol. The van der Waals surface area contributed by atoms with Gasteiger partial charge in [-0.1, -0.05) is 0 Å². The zero-order valence-corrected chi connectivity index (χ0v) is 13.1. The number of nitrogens with zero attached hydrogens (tertiary/aromatic N) is 3. The highest BCUT2D eigenvalue weighted by Crippen LogP contribution is 2.27. The number of hydrogen-bond acceptors (Lipinski definition) is 4. The van der Waals surface area contributed by atoms with E-state index >= 15 is 0 Å². The van der Waals surface area contributed by atoms with Gasteiger partial charge in [-0.15, -0.1) is 11.3 Å². The quantitative estimate of drug-likeness (QED) is 0.916. The molecule has 2 heterocycles. The van der Waals surface area contributed by atoms with E-state index in [1.165, 1.54) is 5.56 Å². The van der Waals surface area contributed by atoms with Gasteiger partial charge >= 0.3 is 0 Å². The second-order valence-corrected chi connectivity index (χ2v) is 6.73. The molecule has 18 heavy (non-hydrogen) atoms. The molecule has 2 aromatic rings. The molecule has 2 rings (SSSR count). The molecule has 0 aromatic carbocycles. The van der Waals surface area contributed by atoms with E-state index in [1.54, 1.807) is 17.7 Å². The van der Waals surface area contributed by atoms with E-state index in [0.29, 0.717) is 6.04 Å². The molecule has 0 radical (unpaired) electrons. The summed E-state index contributed by atoms with van der Waals surface area (Å²) >= 11 is 5.21. The fourth-order valence-corrected chi connectivity index (χ4v) is 3.16. The zero-order valence-electron chi connectivity index (χ0n) is 10.7. The van der Waals surface area contributed by atoms with Gasteiger partial charge in [0.2, 0.25) is 0 Å². The minimum absolute atomic E-state index is 0.272. The van der Waals surface area contributed by atoms with Gasteiger partial charge in [0.1, 0.15) is 12.2 Å². The molecule has 0 spiro atoms. The summed E-state index contributed by atoms with van der Waals surface area (Å²) in [6.07, 6.45) is 2.48. The van der Waals surface area contributed by atoms with E-state index in [0.717, 1.165) is 16.0 Å². The van der Waals surface area contributed by atoms with Gasteiger partial charge in [-0.25, -0.2) is 9.67 Å². The Balaban J connectivity index is 2.18. The van der Waals surface area contributed by atoms with Gasteiger partial charge in [0.05, 0.1) is 3.79 Å². The van der Waals surface area contributed by atoms with Gasteiger partial charge in [-0.05, 0) is 53.8 Å². The fourth-order valence-electron chi connectivity index (χ4n) is 1.93. The van der Waals surface area contributed by atoms with Gasteiger partial charge in [0, 0.05) is 18.5 Å². The third-order valence-corrected chi connectivity index (χ3v) is 4.38. The molecule has 4 nitrogen and oxygen atoms in total. The van der Waals surface area contributed by atoms with Gasteiger partial charge in [0.25, 0.3) is 0 Å². The molecule has 0 aliphatic heterocycles. The van der Waals surface area contributed by atoms with Crippen LogP contribution >= 0.6 is 27.3 Å². The maximum atomic E-state index is 4.36.